The third-order valence-corrected chi connectivity index (χ3v) is 9.48. The van der Waals surface area contributed by atoms with E-state index in [0.717, 1.165) is 24.8 Å². The van der Waals surface area contributed by atoms with Crippen molar-refractivity contribution < 1.29 is 23.4 Å². The summed E-state index contributed by atoms with van der Waals surface area (Å²) in [4.78, 5) is 30.8. The van der Waals surface area contributed by atoms with Crippen molar-refractivity contribution in [1.29, 1.82) is 0 Å². The Kier molecular flexibility index (Phi) is 5.05. The van der Waals surface area contributed by atoms with E-state index in [-0.39, 0.29) is 69.6 Å². The summed E-state index contributed by atoms with van der Waals surface area (Å²) in [7, 11) is -3.17. The molecule has 36 heavy (non-hydrogen) atoms. The molecule has 2 aliphatic carbocycles. The number of carbonyl (C=O) groups is 1. The SMILES string of the molecule is CS1(=O)=NC(C2=C(O)[C@@H]3[C@@H]4CC[C@@H](C4)[C@@H]3N(Cc3ccc(F)cc3)C2=O)=Nc2ccc([N+](=O)[O-])cc21. The Labute approximate surface area is 206 Å². The summed E-state index contributed by atoms with van der Waals surface area (Å²) >= 11 is 0. The summed E-state index contributed by atoms with van der Waals surface area (Å²) in [5.74, 6) is -0.840. The number of aliphatic hydroxyl groups excluding tert-OH is 1. The highest BCUT2D eigenvalue weighted by atomic mass is 32.2. The first-order valence-corrected chi connectivity index (χ1v) is 13.6. The number of carbonyl (C=O) groups excluding carboxylic acids is 1. The van der Waals surface area contributed by atoms with Crippen molar-refractivity contribution in [2.24, 2.45) is 27.1 Å². The van der Waals surface area contributed by atoms with Gasteiger partial charge in [0.15, 0.2) is 5.84 Å². The summed E-state index contributed by atoms with van der Waals surface area (Å²) in [6.45, 7) is 0.234. The topological polar surface area (TPSA) is 125 Å². The quantitative estimate of drug-likeness (QED) is 0.479. The molecule has 0 radical (unpaired) electrons. The Morgan fingerprint density at radius 3 is 2.64 bits per heavy atom. The van der Waals surface area contributed by atoms with E-state index in [0.29, 0.717) is 0 Å². The fraction of sp³-hybridized carbons (Fsp3) is 0.360. The van der Waals surface area contributed by atoms with E-state index < -0.39 is 20.6 Å². The van der Waals surface area contributed by atoms with E-state index in [2.05, 4.69) is 9.36 Å². The minimum atomic E-state index is -3.17. The maximum absolute atomic E-state index is 13.9. The molecule has 1 N–H and O–H groups in total. The van der Waals surface area contributed by atoms with Crippen LogP contribution < -0.4 is 0 Å². The highest BCUT2D eigenvalue weighted by molar-refractivity contribution is 7.93. The summed E-state index contributed by atoms with van der Waals surface area (Å²) in [6, 6.07) is 9.59. The molecule has 2 aromatic rings. The number of amidine groups is 1. The van der Waals surface area contributed by atoms with Crippen LogP contribution >= 0.6 is 0 Å². The Balaban J connectivity index is 1.47. The van der Waals surface area contributed by atoms with Crippen LogP contribution in [0.4, 0.5) is 15.8 Å². The molecule has 2 bridgehead atoms. The number of nitro groups is 1. The summed E-state index contributed by atoms with van der Waals surface area (Å²) in [5.41, 5.74) is 0.658. The smallest absolute Gasteiger partial charge is 0.270 e. The number of nitro benzene ring substituents is 1. The molecule has 2 heterocycles. The number of aliphatic hydroxyl groups is 1. The van der Waals surface area contributed by atoms with Crippen molar-refractivity contribution in [2.45, 2.75) is 36.7 Å². The predicted molar refractivity (Wildman–Crippen MR) is 130 cm³/mol. The van der Waals surface area contributed by atoms with E-state index in [9.17, 15) is 28.6 Å². The highest BCUT2D eigenvalue weighted by Gasteiger charge is 2.57. The monoisotopic (exact) mass is 510 g/mol. The van der Waals surface area contributed by atoms with Crippen molar-refractivity contribution in [2.75, 3.05) is 6.26 Å². The van der Waals surface area contributed by atoms with Crippen LogP contribution in [0.15, 0.2) is 68.0 Å². The van der Waals surface area contributed by atoms with Crippen molar-refractivity contribution in [3.63, 3.8) is 0 Å². The minimum Gasteiger partial charge on any atom is -0.511 e. The van der Waals surface area contributed by atoms with Gasteiger partial charge in [0.1, 0.15) is 17.1 Å². The lowest BCUT2D eigenvalue weighted by atomic mass is 9.77. The number of amides is 1. The summed E-state index contributed by atoms with van der Waals surface area (Å²) < 4.78 is 31.2. The van der Waals surface area contributed by atoms with Gasteiger partial charge in [-0.15, -0.1) is 0 Å². The van der Waals surface area contributed by atoms with Gasteiger partial charge in [0, 0.05) is 36.9 Å². The fourth-order valence-electron chi connectivity index (χ4n) is 6.29. The van der Waals surface area contributed by atoms with Crippen LogP contribution in [0.2, 0.25) is 0 Å². The van der Waals surface area contributed by atoms with Gasteiger partial charge in [-0.05, 0) is 54.9 Å². The fourth-order valence-corrected chi connectivity index (χ4v) is 7.69. The number of hydrogen-bond acceptors (Lipinski definition) is 7. The second kappa shape index (κ2) is 7.95. The number of nitrogens with zero attached hydrogens (tertiary/aromatic N) is 4. The molecule has 6 rings (SSSR count). The predicted octanol–water partition coefficient (Wildman–Crippen LogP) is 4.50. The van der Waals surface area contributed by atoms with Gasteiger partial charge in [0.2, 0.25) is 0 Å². The Hall–Kier alpha value is -3.60. The van der Waals surface area contributed by atoms with Crippen LogP contribution in [0.5, 0.6) is 0 Å². The van der Waals surface area contributed by atoms with Gasteiger partial charge in [-0.25, -0.2) is 13.6 Å². The largest absolute Gasteiger partial charge is 0.511 e. The molecule has 4 aliphatic rings. The standard InChI is InChI=1S/C25H23FN4O5S/c1-36(35)19-11-17(30(33)34)8-9-18(19)27-24(28-36)21-23(31)20-14-4-5-15(10-14)22(20)29(25(21)32)12-13-2-6-16(26)7-3-13/h2-3,6-9,11,14-15,20,22,31H,4-5,10,12H2,1H3/t14-,15+,20-,22+,36?/m1/s1. The molecule has 1 unspecified atom stereocenters. The maximum Gasteiger partial charge on any atom is 0.270 e. The van der Waals surface area contributed by atoms with Gasteiger partial charge in [0.25, 0.3) is 11.6 Å². The molecule has 1 amide bonds. The molecule has 11 heteroatoms. The molecular weight excluding hydrogens is 487 g/mol. The van der Waals surface area contributed by atoms with Crippen LogP contribution in [-0.4, -0.2) is 43.2 Å². The zero-order chi connectivity index (χ0) is 25.4. The number of halogens is 1. The van der Waals surface area contributed by atoms with Crippen molar-refractivity contribution >= 4 is 32.8 Å². The number of aliphatic imine (C=N–C) groups is 1. The summed E-state index contributed by atoms with van der Waals surface area (Å²) in [5, 5.41) is 22.6. The third kappa shape index (κ3) is 3.44. The van der Waals surface area contributed by atoms with Crippen molar-refractivity contribution in [3.8, 4) is 0 Å². The van der Waals surface area contributed by atoms with Crippen LogP contribution in [0.25, 0.3) is 0 Å². The normalized spacial score (nSPS) is 30.6. The number of rotatable bonds is 4. The number of hydrogen-bond donors (Lipinski definition) is 1. The number of benzene rings is 2. The number of non-ortho nitro benzene ring substituents is 1. The van der Waals surface area contributed by atoms with Gasteiger partial charge in [-0.1, -0.05) is 12.1 Å². The average Bonchev–Trinajstić information content (AvgIpc) is 3.45. The highest BCUT2D eigenvalue weighted by Crippen LogP contribution is 2.55. The average molecular weight is 511 g/mol. The lowest BCUT2D eigenvalue weighted by Gasteiger charge is -2.43. The molecule has 0 aromatic heterocycles. The van der Waals surface area contributed by atoms with E-state index in [1.807, 2.05) is 0 Å². The van der Waals surface area contributed by atoms with E-state index in [1.54, 1.807) is 17.0 Å². The molecule has 2 saturated carbocycles. The first-order chi connectivity index (χ1) is 17.1. The molecule has 2 aromatic carbocycles. The Morgan fingerprint density at radius 2 is 1.92 bits per heavy atom. The van der Waals surface area contributed by atoms with Gasteiger partial charge < -0.3 is 10.0 Å². The first kappa shape index (κ1) is 22.8. The van der Waals surface area contributed by atoms with E-state index in [1.165, 1.54) is 36.6 Å². The second-order valence-electron chi connectivity index (χ2n) is 9.91. The van der Waals surface area contributed by atoms with Crippen molar-refractivity contribution in [1.82, 2.24) is 4.90 Å². The first-order valence-electron chi connectivity index (χ1n) is 11.7. The van der Waals surface area contributed by atoms with E-state index >= 15 is 0 Å². The van der Waals surface area contributed by atoms with Crippen molar-refractivity contribution in [3.05, 3.63) is 75.3 Å². The van der Waals surface area contributed by atoms with Crippen LogP contribution in [0, 0.1) is 33.7 Å². The zero-order valence-corrected chi connectivity index (χ0v) is 20.2. The molecule has 2 fully saturated rings. The number of fused-ring (bicyclic) bond motifs is 6. The molecule has 5 atom stereocenters. The van der Waals surface area contributed by atoms with Gasteiger partial charge >= 0.3 is 0 Å². The van der Waals surface area contributed by atoms with E-state index in [4.69, 9.17) is 0 Å². The van der Waals surface area contributed by atoms with Gasteiger partial charge in [-0.3, -0.25) is 14.9 Å². The maximum atomic E-state index is 13.9. The lowest BCUT2D eigenvalue weighted by molar-refractivity contribution is -0.385. The van der Waals surface area contributed by atoms with Gasteiger partial charge in [-0.2, -0.15) is 4.36 Å². The Bertz CT molecular complexity index is 1510. The second-order valence-corrected chi connectivity index (χ2v) is 12.1. The van der Waals surface area contributed by atoms with Gasteiger partial charge in [0.05, 0.1) is 25.2 Å². The molecule has 186 valence electrons. The molecular formula is C25H23FN4O5S. The van der Waals surface area contributed by atoms with Crippen LogP contribution in [-0.2, 0) is 21.1 Å². The Morgan fingerprint density at radius 1 is 1.19 bits per heavy atom. The molecule has 9 nitrogen and oxygen atoms in total. The van der Waals surface area contributed by atoms with Crippen LogP contribution in [0.1, 0.15) is 24.8 Å². The lowest BCUT2D eigenvalue weighted by Crippen LogP contribution is -2.53. The zero-order valence-electron chi connectivity index (χ0n) is 19.3. The molecule has 0 saturated heterocycles. The molecule has 0 spiro atoms. The van der Waals surface area contributed by atoms with Crippen LogP contribution in [0.3, 0.4) is 0 Å². The minimum absolute atomic E-state index is 0.0735. The third-order valence-electron chi connectivity index (χ3n) is 7.82. The molecule has 2 aliphatic heterocycles. The summed E-state index contributed by atoms with van der Waals surface area (Å²) in [6.07, 6.45) is 4.16.